The molecule has 3 aromatic rings. The number of amides is 1. The summed E-state index contributed by atoms with van der Waals surface area (Å²) >= 11 is 0. The SMILES string of the molecule is CCc1c(C)nn(CCNC(=O)c2cn[nH]c2-n2cnnn2)c1C. The first-order chi connectivity index (χ1) is 11.6. The van der Waals surface area contributed by atoms with Crippen LogP contribution >= 0.6 is 0 Å². The van der Waals surface area contributed by atoms with Crippen molar-refractivity contribution in [1.29, 1.82) is 0 Å². The summed E-state index contributed by atoms with van der Waals surface area (Å²) < 4.78 is 3.28. The molecule has 0 aliphatic rings. The maximum absolute atomic E-state index is 12.3. The van der Waals surface area contributed by atoms with Crippen LogP contribution in [0.25, 0.3) is 5.82 Å². The second kappa shape index (κ2) is 6.60. The second-order valence-corrected chi connectivity index (χ2v) is 5.37. The Hall–Kier alpha value is -3.04. The van der Waals surface area contributed by atoms with Crippen LogP contribution in [0.3, 0.4) is 0 Å². The Kier molecular flexibility index (Phi) is 4.36. The van der Waals surface area contributed by atoms with E-state index in [1.165, 1.54) is 22.8 Å². The smallest absolute Gasteiger partial charge is 0.256 e. The fourth-order valence-electron chi connectivity index (χ4n) is 2.72. The zero-order valence-corrected chi connectivity index (χ0v) is 13.8. The monoisotopic (exact) mass is 329 g/mol. The first-order valence-corrected chi connectivity index (χ1v) is 7.69. The van der Waals surface area contributed by atoms with Gasteiger partial charge in [0.15, 0.2) is 5.82 Å². The average molecular weight is 329 g/mol. The number of H-pyrrole nitrogens is 1. The molecule has 0 aliphatic carbocycles. The molecule has 0 atom stereocenters. The molecule has 3 aromatic heterocycles. The van der Waals surface area contributed by atoms with Crippen LogP contribution in [0.1, 0.15) is 34.2 Å². The molecule has 0 saturated heterocycles. The van der Waals surface area contributed by atoms with E-state index in [1.54, 1.807) is 0 Å². The maximum atomic E-state index is 12.3. The first kappa shape index (κ1) is 15.8. The molecule has 126 valence electrons. The highest BCUT2D eigenvalue weighted by molar-refractivity contribution is 5.96. The third-order valence-electron chi connectivity index (χ3n) is 3.94. The molecule has 2 N–H and O–H groups in total. The van der Waals surface area contributed by atoms with Crippen molar-refractivity contribution in [1.82, 2.24) is 45.5 Å². The fraction of sp³-hybridized carbons (Fsp3) is 0.429. The van der Waals surface area contributed by atoms with Crippen molar-refractivity contribution in [3.05, 3.63) is 35.0 Å². The van der Waals surface area contributed by atoms with Gasteiger partial charge in [-0.3, -0.25) is 14.6 Å². The first-order valence-electron chi connectivity index (χ1n) is 7.69. The molecule has 24 heavy (non-hydrogen) atoms. The Morgan fingerprint density at radius 1 is 1.38 bits per heavy atom. The molecule has 0 unspecified atom stereocenters. The van der Waals surface area contributed by atoms with Gasteiger partial charge in [0, 0.05) is 12.2 Å². The van der Waals surface area contributed by atoms with Crippen molar-refractivity contribution in [3.63, 3.8) is 0 Å². The predicted molar refractivity (Wildman–Crippen MR) is 84.7 cm³/mol. The van der Waals surface area contributed by atoms with E-state index in [0.29, 0.717) is 24.5 Å². The van der Waals surface area contributed by atoms with E-state index in [2.05, 4.69) is 43.1 Å². The van der Waals surface area contributed by atoms with Crippen LogP contribution in [0.4, 0.5) is 0 Å². The van der Waals surface area contributed by atoms with Crippen molar-refractivity contribution >= 4 is 5.91 Å². The molecular weight excluding hydrogens is 310 g/mol. The number of nitrogens with one attached hydrogen (secondary N) is 2. The highest BCUT2D eigenvalue weighted by atomic mass is 16.1. The van der Waals surface area contributed by atoms with E-state index in [1.807, 2.05) is 18.5 Å². The van der Waals surface area contributed by atoms with E-state index in [4.69, 9.17) is 0 Å². The molecule has 0 radical (unpaired) electrons. The Bertz CT molecular complexity index is 831. The predicted octanol–water partition coefficient (Wildman–Crippen LogP) is 0.191. The van der Waals surface area contributed by atoms with Gasteiger partial charge in [-0.05, 0) is 36.3 Å². The molecule has 3 heterocycles. The van der Waals surface area contributed by atoms with E-state index in [0.717, 1.165) is 17.8 Å². The van der Waals surface area contributed by atoms with Gasteiger partial charge in [0.1, 0.15) is 11.9 Å². The maximum Gasteiger partial charge on any atom is 0.256 e. The fourth-order valence-corrected chi connectivity index (χ4v) is 2.72. The van der Waals surface area contributed by atoms with Crippen LogP contribution in [-0.2, 0) is 13.0 Å². The molecule has 0 fully saturated rings. The van der Waals surface area contributed by atoms with Gasteiger partial charge in [-0.15, -0.1) is 5.10 Å². The Balaban J connectivity index is 1.64. The lowest BCUT2D eigenvalue weighted by molar-refractivity contribution is 0.0951. The normalized spacial score (nSPS) is 11.0. The quantitative estimate of drug-likeness (QED) is 0.666. The van der Waals surface area contributed by atoms with Gasteiger partial charge in [0.2, 0.25) is 0 Å². The van der Waals surface area contributed by atoms with E-state index < -0.39 is 0 Å². The van der Waals surface area contributed by atoms with Crippen LogP contribution in [0.2, 0.25) is 0 Å². The highest BCUT2D eigenvalue weighted by Gasteiger charge is 2.16. The number of tetrazole rings is 1. The zero-order chi connectivity index (χ0) is 17.1. The van der Waals surface area contributed by atoms with Gasteiger partial charge in [-0.25, -0.2) is 0 Å². The minimum atomic E-state index is -0.244. The van der Waals surface area contributed by atoms with Gasteiger partial charge in [-0.2, -0.15) is 14.9 Å². The van der Waals surface area contributed by atoms with E-state index >= 15 is 0 Å². The molecule has 0 spiro atoms. The van der Waals surface area contributed by atoms with Crippen LogP contribution in [0.15, 0.2) is 12.5 Å². The molecule has 0 aliphatic heterocycles. The molecule has 10 nitrogen and oxygen atoms in total. The number of hydrogen-bond acceptors (Lipinski definition) is 6. The number of carbonyl (C=O) groups excluding carboxylic acids is 1. The highest BCUT2D eigenvalue weighted by Crippen LogP contribution is 2.13. The molecule has 10 heteroatoms. The summed E-state index contributed by atoms with van der Waals surface area (Å²) in [5.41, 5.74) is 3.82. The van der Waals surface area contributed by atoms with Gasteiger partial charge in [-0.1, -0.05) is 6.92 Å². The van der Waals surface area contributed by atoms with E-state index in [-0.39, 0.29) is 5.91 Å². The molecule has 0 aromatic carbocycles. The summed E-state index contributed by atoms with van der Waals surface area (Å²) in [5, 5.41) is 24.8. The van der Waals surface area contributed by atoms with Crippen LogP contribution in [0, 0.1) is 13.8 Å². The van der Waals surface area contributed by atoms with Gasteiger partial charge in [0.05, 0.1) is 18.4 Å². The summed E-state index contributed by atoms with van der Waals surface area (Å²) in [6, 6.07) is 0. The molecule has 0 saturated carbocycles. The number of aromatic amines is 1. The Morgan fingerprint density at radius 2 is 2.21 bits per heavy atom. The number of nitrogens with zero attached hydrogens (tertiary/aromatic N) is 7. The van der Waals surface area contributed by atoms with Crippen molar-refractivity contribution in [2.75, 3.05) is 6.54 Å². The lowest BCUT2D eigenvalue weighted by atomic mass is 10.1. The standard InChI is InChI=1S/C14H19N9O/c1-4-11-9(2)19-22(10(11)3)6-5-15-14(24)12-7-16-18-13(12)23-8-17-20-21-23/h7-8H,4-6H2,1-3H3,(H,15,24)(H,16,18). The van der Waals surface area contributed by atoms with Crippen molar-refractivity contribution in [2.45, 2.75) is 33.7 Å². The van der Waals surface area contributed by atoms with Crippen molar-refractivity contribution in [3.8, 4) is 5.82 Å². The van der Waals surface area contributed by atoms with Crippen molar-refractivity contribution < 1.29 is 4.79 Å². The van der Waals surface area contributed by atoms with Gasteiger partial charge >= 0.3 is 0 Å². The third kappa shape index (κ3) is 2.90. The van der Waals surface area contributed by atoms with E-state index in [9.17, 15) is 4.79 Å². The number of aryl methyl sites for hydroxylation is 1. The van der Waals surface area contributed by atoms with Gasteiger partial charge in [0.25, 0.3) is 5.91 Å². The second-order valence-electron chi connectivity index (χ2n) is 5.37. The number of rotatable bonds is 6. The minimum absolute atomic E-state index is 0.244. The minimum Gasteiger partial charge on any atom is -0.350 e. The molecule has 0 bridgehead atoms. The topological polar surface area (TPSA) is 119 Å². The molecular formula is C14H19N9O. The average Bonchev–Trinajstić information content (AvgIpc) is 3.28. The van der Waals surface area contributed by atoms with Crippen LogP contribution in [0.5, 0.6) is 0 Å². The summed E-state index contributed by atoms with van der Waals surface area (Å²) in [6.07, 6.45) is 3.80. The van der Waals surface area contributed by atoms with Crippen LogP contribution < -0.4 is 5.32 Å². The van der Waals surface area contributed by atoms with Gasteiger partial charge < -0.3 is 5.32 Å². The number of hydrogen-bond donors (Lipinski definition) is 2. The zero-order valence-electron chi connectivity index (χ0n) is 13.8. The van der Waals surface area contributed by atoms with Crippen molar-refractivity contribution in [2.24, 2.45) is 0 Å². The summed E-state index contributed by atoms with van der Waals surface area (Å²) in [6.45, 7) is 7.24. The summed E-state index contributed by atoms with van der Waals surface area (Å²) in [5.74, 6) is 0.184. The largest absolute Gasteiger partial charge is 0.350 e. The Morgan fingerprint density at radius 3 is 2.88 bits per heavy atom. The lowest BCUT2D eigenvalue weighted by Crippen LogP contribution is -2.28. The number of carbonyl (C=O) groups is 1. The molecule has 3 rings (SSSR count). The summed E-state index contributed by atoms with van der Waals surface area (Å²) in [4.78, 5) is 12.3. The summed E-state index contributed by atoms with van der Waals surface area (Å²) in [7, 11) is 0. The number of aromatic nitrogens is 8. The Labute approximate surface area is 138 Å². The lowest BCUT2D eigenvalue weighted by Gasteiger charge is -2.07. The molecule has 1 amide bonds. The third-order valence-corrected chi connectivity index (χ3v) is 3.94. The van der Waals surface area contributed by atoms with Crippen LogP contribution in [-0.4, -0.2) is 52.6 Å².